The number of hydrogen-bond donors (Lipinski definition) is 1. The summed E-state index contributed by atoms with van der Waals surface area (Å²) in [5, 5.41) is 3.27. The number of carbonyl (C=O) groups excluding carboxylic acids is 1. The lowest BCUT2D eigenvalue weighted by Crippen LogP contribution is -2.37. The second kappa shape index (κ2) is 6.25. The molecule has 0 unspecified atom stereocenters. The van der Waals surface area contributed by atoms with E-state index in [1.54, 1.807) is 0 Å². The van der Waals surface area contributed by atoms with E-state index < -0.39 is 0 Å². The van der Waals surface area contributed by atoms with Gasteiger partial charge >= 0.3 is 0 Å². The number of benzene rings is 1. The first-order valence-corrected chi connectivity index (χ1v) is 7.33. The van der Waals surface area contributed by atoms with Crippen molar-refractivity contribution in [2.45, 2.75) is 19.3 Å². The third kappa shape index (κ3) is 3.50. The molecular formula is C14H18BrClN2O. The Hall–Kier alpha value is -0.580. The highest BCUT2D eigenvalue weighted by atomic mass is 79.9. The summed E-state index contributed by atoms with van der Waals surface area (Å²) in [7, 11) is 0. The molecule has 19 heavy (non-hydrogen) atoms. The Morgan fingerprint density at radius 1 is 1.42 bits per heavy atom. The number of rotatable bonds is 4. The van der Waals surface area contributed by atoms with E-state index in [1.807, 2.05) is 17.0 Å². The second-order valence-corrected chi connectivity index (χ2v) is 6.06. The van der Waals surface area contributed by atoms with Gasteiger partial charge in [-0.15, -0.1) is 12.4 Å². The van der Waals surface area contributed by atoms with Crippen LogP contribution in [0.4, 0.5) is 5.69 Å². The van der Waals surface area contributed by atoms with Crippen molar-refractivity contribution in [1.29, 1.82) is 0 Å². The van der Waals surface area contributed by atoms with E-state index in [1.165, 1.54) is 18.4 Å². The fourth-order valence-electron chi connectivity index (χ4n) is 2.43. The highest BCUT2D eigenvalue weighted by Crippen LogP contribution is 2.30. The van der Waals surface area contributed by atoms with Crippen LogP contribution in [-0.4, -0.2) is 25.5 Å². The predicted molar refractivity (Wildman–Crippen MR) is 83.0 cm³/mol. The predicted octanol–water partition coefficient (Wildman–Crippen LogP) is 2.76. The van der Waals surface area contributed by atoms with E-state index in [4.69, 9.17) is 0 Å². The zero-order valence-electron chi connectivity index (χ0n) is 10.7. The molecule has 0 bridgehead atoms. The maximum atomic E-state index is 12.1. The molecule has 0 radical (unpaired) electrons. The third-order valence-electron chi connectivity index (χ3n) is 3.64. The SMILES string of the molecule is Cl.O=C(CNCC1CC1)N1CCc2cc(Br)ccc21. The maximum absolute atomic E-state index is 12.1. The van der Waals surface area contributed by atoms with Crippen LogP contribution in [-0.2, 0) is 11.2 Å². The van der Waals surface area contributed by atoms with Crippen molar-refractivity contribution in [3.05, 3.63) is 28.2 Å². The van der Waals surface area contributed by atoms with Gasteiger partial charge in [0.15, 0.2) is 0 Å². The Morgan fingerprint density at radius 3 is 2.95 bits per heavy atom. The summed E-state index contributed by atoms with van der Waals surface area (Å²) < 4.78 is 1.09. The van der Waals surface area contributed by atoms with E-state index in [2.05, 4.69) is 27.3 Å². The van der Waals surface area contributed by atoms with E-state index in [-0.39, 0.29) is 18.3 Å². The van der Waals surface area contributed by atoms with Gasteiger partial charge in [-0.1, -0.05) is 15.9 Å². The van der Waals surface area contributed by atoms with Gasteiger partial charge in [0.05, 0.1) is 6.54 Å². The summed E-state index contributed by atoms with van der Waals surface area (Å²) in [6, 6.07) is 6.15. The standard InChI is InChI=1S/C14H17BrN2O.ClH/c15-12-3-4-13-11(7-12)5-6-17(13)14(18)9-16-8-10-1-2-10;/h3-4,7,10,16H,1-2,5-6,8-9H2;1H. The van der Waals surface area contributed by atoms with Gasteiger partial charge in [0.1, 0.15) is 0 Å². The first-order chi connectivity index (χ1) is 8.74. The van der Waals surface area contributed by atoms with E-state index in [0.29, 0.717) is 6.54 Å². The van der Waals surface area contributed by atoms with Crippen molar-refractivity contribution in [2.24, 2.45) is 5.92 Å². The molecule has 1 fully saturated rings. The summed E-state index contributed by atoms with van der Waals surface area (Å²) in [6.07, 6.45) is 3.60. The lowest BCUT2D eigenvalue weighted by atomic mass is 10.2. The molecule has 3 rings (SSSR count). The minimum Gasteiger partial charge on any atom is -0.311 e. The van der Waals surface area contributed by atoms with Gasteiger partial charge in [0.25, 0.3) is 0 Å². The van der Waals surface area contributed by atoms with Gasteiger partial charge in [-0.25, -0.2) is 0 Å². The highest BCUT2D eigenvalue weighted by Gasteiger charge is 2.25. The summed E-state index contributed by atoms with van der Waals surface area (Å²) in [5.74, 6) is 1.01. The van der Waals surface area contributed by atoms with Crippen LogP contribution in [0.25, 0.3) is 0 Å². The number of amides is 1. The Morgan fingerprint density at radius 2 is 2.21 bits per heavy atom. The number of nitrogens with zero attached hydrogens (tertiary/aromatic N) is 1. The van der Waals surface area contributed by atoms with Crippen molar-refractivity contribution in [2.75, 3.05) is 24.5 Å². The molecule has 1 amide bonds. The molecular weight excluding hydrogens is 328 g/mol. The minimum absolute atomic E-state index is 0. The molecule has 5 heteroatoms. The van der Waals surface area contributed by atoms with Gasteiger partial charge < -0.3 is 10.2 Å². The molecule has 1 aliphatic heterocycles. The zero-order chi connectivity index (χ0) is 12.5. The van der Waals surface area contributed by atoms with Crippen LogP contribution in [0.15, 0.2) is 22.7 Å². The molecule has 0 saturated heterocycles. The number of fused-ring (bicyclic) bond motifs is 1. The molecule has 1 aromatic carbocycles. The molecule has 1 heterocycles. The van der Waals surface area contributed by atoms with Gasteiger partial charge in [0.2, 0.25) is 5.91 Å². The zero-order valence-corrected chi connectivity index (χ0v) is 13.1. The van der Waals surface area contributed by atoms with Gasteiger partial charge in [-0.05, 0) is 55.5 Å². The third-order valence-corrected chi connectivity index (χ3v) is 4.14. The van der Waals surface area contributed by atoms with Gasteiger partial charge in [-0.2, -0.15) is 0 Å². The van der Waals surface area contributed by atoms with E-state index >= 15 is 0 Å². The van der Waals surface area contributed by atoms with Crippen LogP contribution in [0.5, 0.6) is 0 Å². The van der Waals surface area contributed by atoms with Crippen LogP contribution in [0.1, 0.15) is 18.4 Å². The summed E-state index contributed by atoms with van der Waals surface area (Å²) in [6.45, 7) is 2.27. The number of anilines is 1. The van der Waals surface area contributed by atoms with Crippen molar-refractivity contribution >= 4 is 39.9 Å². The van der Waals surface area contributed by atoms with Crippen LogP contribution >= 0.6 is 28.3 Å². The van der Waals surface area contributed by atoms with Gasteiger partial charge in [0, 0.05) is 16.7 Å². The molecule has 1 N–H and O–H groups in total. The lowest BCUT2D eigenvalue weighted by Gasteiger charge is -2.17. The van der Waals surface area contributed by atoms with Crippen LogP contribution in [0.3, 0.4) is 0 Å². The number of nitrogens with one attached hydrogen (secondary N) is 1. The average molecular weight is 346 g/mol. The minimum atomic E-state index is 0. The molecule has 1 aromatic rings. The number of halogens is 2. The second-order valence-electron chi connectivity index (χ2n) is 5.14. The first-order valence-electron chi connectivity index (χ1n) is 6.53. The molecule has 1 aliphatic carbocycles. The van der Waals surface area contributed by atoms with Crippen LogP contribution < -0.4 is 10.2 Å². The number of hydrogen-bond acceptors (Lipinski definition) is 2. The maximum Gasteiger partial charge on any atom is 0.240 e. The van der Waals surface area contributed by atoms with E-state index in [0.717, 1.165) is 35.6 Å². The monoisotopic (exact) mass is 344 g/mol. The molecule has 104 valence electrons. The van der Waals surface area contributed by atoms with E-state index in [9.17, 15) is 4.79 Å². The number of carbonyl (C=O) groups is 1. The smallest absolute Gasteiger partial charge is 0.240 e. The molecule has 3 nitrogen and oxygen atoms in total. The van der Waals surface area contributed by atoms with Crippen molar-refractivity contribution in [3.63, 3.8) is 0 Å². The first kappa shape index (κ1) is 14.8. The topological polar surface area (TPSA) is 32.3 Å². The van der Waals surface area contributed by atoms with Crippen molar-refractivity contribution in [1.82, 2.24) is 5.32 Å². The molecule has 2 aliphatic rings. The fourth-order valence-corrected chi connectivity index (χ4v) is 2.84. The molecule has 0 aromatic heterocycles. The lowest BCUT2D eigenvalue weighted by molar-refractivity contribution is -0.117. The largest absolute Gasteiger partial charge is 0.311 e. The highest BCUT2D eigenvalue weighted by molar-refractivity contribution is 9.10. The van der Waals surface area contributed by atoms with Crippen molar-refractivity contribution in [3.8, 4) is 0 Å². The Labute approximate surface area is 128 Å². The quantitative estimate of drug-likeness (QED) is 0.910. The Kier molecular flexibility index (Phi) is 4.87. The van der Waals surface area contributed by atoms with Crippen LogP contribution in [0.2, 0.25) is 0 Å². The summed E-state index contributed by atoms with van der Waals surface area (Å²) >= 11 is 3.47. The molecule has 0 atom stereocenters. The molecule has 1 saturated carbocycles. The van der Waals surface area contributed by atoms with Gasteiger partial charge in [-0.3, -0.25) is 4.79 Å². The molecule has 0 spiro atoms. The summed E-state index contributed by atoms with van der Waals surface area (Å²) in [5.41, 5.74) is 2.34. The average Bonchev–Trinajstić information content (AvgIpc) is 3.07. The summed E-state index contributed by atoms with van der Waals surface area (Å²) in [4.78, 5) is 14.1. The Bertz CT molecular complexity index is 477. The Balaban J connectivity index is 0.00000133. The van der Waals surface area contributed by atoms with Crippen LogP contribution in [0, 0.1) is 5.92 Å². The fraction of sp³-hybridized carbons (Fsp3) is 0.500. The van der Waals surface area contributed by atoms with Crippen molar-refractivity contribution < 1.29 is 4.79 Å². The normalized spacial score (nSPS) is 17.0.